The summed E-state index contributed by atoms with van der Waals surface area (Å²) in [6, 6.07) is 8.13. The highest BCUT2D eigenvalue weighted by Crippen LogP contribution is 2.75. The molecule has 9 atom stereocenters. The second kappa shape index (κ2) is 14.1. The number of rotatable bonds is 14. The topological polar surface area (TPSA) is 152 Å². The lowest BCUT2D eigenvalue weighted by atomic mass is 9.49. The van der Waals surface area contributed by atoms with E-state index in [9.17, 15) is 29.4 Å². The van der Waals surface area contributed by atoms with Gasteiger partial charge >= 0.3 is 11.9 Å². The summed E-state index contributed by atoms with van der Waals surface area (Å²) < 4.78 is 26.2. The normalized spacial score (nSPS) is 40.4. The molecule has 2 N–H and O–H groups in total. The summed E-state index contributed by atoms with van der Waals surface area (Å²) in [7, 11) is 0. The molecule has 66 heavy (non-hydrogen) atoms. The standard InChI is InChI=1S/C54H64N2O10/c57-17-1-2-37(58)48-52-13-15-55(28-30-3-4-30)36(25-52)19-34-7-9-39(46(65-48)44(34)52)63-42(60)26-50-21-32-18-33(22-50)24-51(50,23-32)27-43(61)64-40-10-8-35-20-41-54(62)12-11-38(59)49-53(54,45(35)47(40)66-49)14-16-56(41)29-31-5-6-31/h7-10,30-33,36,41,48-49,57,62H,1-6,11-29H2/t32?,33?,36-,41-,48+,49+,50?,51?,52+,53+,54-/m1/s1. The smallest absolute Gasteiger partial charge is 0.311 e. The lowest BCUT2D eigenvalue weighted by Gasteiger charge is -2.62. The van der Waals surface area contributed by atoms with Crippen LogP contribution < -0.4 is 18.9 Å². The van der Waals surface area contributed by atoms with Crippen molar-refractivity contribution in [1.82, 2.24) is 9.80 Å². The third kappa shape index (κ3) is 5.64. The van der Waals surface area contributed by atoms with Gasteiger partial charge in [0.1, 0.15) is 0 Å². The van der Waals surface area contributed by atoms with Gasteiger partial charge in [-0.05, 0) is 174 Å². The monoisotopic (exact) mass is 900 g/mol. The Kier molecular flexibility index (Phi) is 8.81. The van der Waals surface area contributed by atoms with Crippen molar-refractivity contribution in [3.8, 4) is 23.0 Å². The molecular weight excluding hydrogens is 837 g/mol. The SMILES string of the molecule is O=C(CC12CC3CC(C1)CC2(CC(=O)Oc1ccc2c4c1O[C@H]1C(=O)CC[C@@]5(O)[C@@H](C2)N(CC2CC2)CC[C@]415)C3)Oc1ccc2c3c1O[C@@H](C(=O)CCCO)[C@]31CCN(CC3CC3)[C@H](C2)C1. The Hall–Kier alpha value is -3.84. The molecule has 12 heteroatoms. The van der Waals surface area contributed by atoms with Crippen molar-refractivity contribution in [2.45, 2.75) is 169 Å². The molecule has 7 saturated carbocycles. The van der Waals surface area contributed by atoms with E-state index in [0.29, 0.717) is 72.5 Å². The minimum atomic E-state index is -1.10. The third-order valence-electron chi connectivity index (χ3n) is 20.4. The van der Waals surface area contributed by atoms with Crippen molar-refractivity contribution >= 4 is 23.5 Å². The number of nitrogens with zero attached hydrogens (tertiary/aromatic N) is 2. The number of ether oxygens (including phenoxy) is 4. The summed E-state index contributed by atoms with van der Waals surface area (Å²) in [6.07, 6.45) is 13.8. The number of ketones is 2. The van der Waals surface area contributed by atoms with E-state index >= 15 is 0 Å². The van der Waals surface area contributed by atoms with E-state index < -0.39 is 39.5 Å². The van der Waals surface area contributed by atoms with Crippen LogP contribution in [0.15, 0.2) is 24.3 Å². The average molecular weight is 901 g/mol. The molecule has 2 aromatic rings. The number of aliphatic hydroxyl groups is 2. The summed E-state index contributed by atoms with van der Waals surface area (Å²) in [6.45, 7) is 3.77. The van der Waals surface area contributed by atoms with E-state index in [-0.39, 0.29) is 61.8 Å². The second-order valence-electron chi connectivity index (χ2n) is 24.0. The van der Waals surface area contributed by atoms with E-state index in [1.807, 2.05) is 18.2 Å². The third-order valence-corrected chi connectivity index (χ3v) is 20.4. The molecule has 13 aliphatic rings. The van der Waals surface area contributed by atoms with Gasteiger partial charge in [-0.25, -0.2) is 0 Å². The van der Waals surface area contributed by atoms with Crippen LogP contribution in [0.2, 0.25) is 0 Å². The van der Waals surface area contributed by atoms with E-state index in [1.165, 1.54) is 31.2 Å². The zero-order valence-electron chi connectivity index (χ0n) is 38.2. The van der Waals surface area contributed by atoms with Crippen LogP contribution in [0.4, 0.5) is 0 Å². The van der Waals surface area contributed by atoms with Crippen LogP contribution in [-0.2, 0) is 42.8 Å². The van der Waals surface area contributed by atoms with Gasteiger partial charge in [-0.2, -0.15) is 0 Å². The zero-order valence-corrected chi connectivity index (χ0v) is 38.2. The number of fused-ring (bicyclic) bond motifs is 1. The number of hydrogen-bond donors (Lipinski definition) is 2. The van der Waals surface area contributed by atoms with Crippen molar-refractivity contribution < 1.29 is 48.3 Å². The van der Waals surface area contributed by atoms with Crippen molar-refractivity contribution in [1.29, 1.82) is 0 Å². The highest BCUT2D eigenvalue weighted by molar-refractivity contribution is 5.91. The zero-order chi connectivity index (χ0) is 44.5. The predicted octanol–water partition coefficient (Wildman–Crippen LogP) is 6.08. The van der Waals surface area contributed by atoms with Crippen LogP contribution in [0.3, 0.4) is 0 Å². The fourth-order valence-corrected chi connectivity index (χ4v) is 17.7. The number of carbonyl (C=O) groups is 4. The Morgan fingerprint density at radius 1 is 0.742 bits per heavy atom. The Morgan fingerprint density at radius 3 is 2.02 bits per heavy atom. The number of aliphatic hydroxyl groups excluding tert-OH is 1. The molecule has 12 nitrogen and oxygen atoms in total. The van der Waals surface area contributed by atoms with Crippen LogP contribution in [0, 0.1) is 34.5 Å². The van der Waals surface area contributed by atoms with Crippen molar-refractivity contribution in [3.05, 3.63) is 46.5 Å². The Balaban J connectivity index is 0.723. The molecule has 15 rings (SSSR count). The maximum Gasteiger partial charge on any atom is 0.311 e. The van der Waals surface area contributed by atoms with E-state index in [1.54, 1.807) is 0 Å². The Bertz CT molecular complexity index is 2460. The first kappa shape index (κ1) is 41.2. The van der Waals surface area contributed by atoms with Gasteiger partial charge in [0.25, 0.3) is 0 Å². The maximum atomic E-state index is 14.5. The first-order valence-corrected chi connectivity index (χ1v) is 25.9. The first-order chi connectivity index (χ1) is 31.9. The van der Waals surface area contributed by atoms with Crippen molar-refractivity contribution in [3.63, 3.8) is 0 Å². The molecular formula is C54H64N2O10. The summed E-state index contributed by atoms with van der Waals surface area (Å²) >= 11 is 0. The molecule has 0 aromatic heterocycles. The first-order valence-electron chi connectivity index (χ1n) is 25.9. The summed E-state index contributed by atoms with van der Waals surface area (Å²) in [5, 5.41) is 22.4. The van der Waals surface area contributed by atoms with Crippen LogP contribution in [0.5, 0.6) is 23.0 Å². The van der Waals surface area contributed by atoms with Gasteiger partial charge in [-0.15, -0.1) is 0 Å². The van der Waals surface area contributed by atoms with E-state index in [0.717, 1.165) is 100 Å². The van der Waals surface area contributed by atoms with Crippen LogP contribution in [-0.4, -0.2) is 106 Å². The highest BCUT2D eigenvalue weighted by Gasteiger charge is 2.74. The van der Waals surface area contributed by atoms with Crippen LogP contribution in [0.25, 0.3) is 0 Å². The minimum absolute atomic E-state index is 0.00768. The van der Waals surface area contributed by atoms with Gasteiger partial charge in [-0.1, -0.05) is 12.1 Å². The molecule has 4 heterocycles. The number of piperidine rings is 2. The van der Waals surface area contributed by atoms with Crippen LogP contribution in [0.1, 0.15) is 138 Å². The largest absolute Gasteiger partial charge is 0.477 e. The van der Waals surface area contributed by atoms with Gasteiger partial charge in [0, 0.05) is 61.2 Å². The molecule has 4 aliphatic heterocycles. The average Bonchev–Trinajstić information content (AvgIpc) is 4.20. The highest BCUT2D eigenvalue weighted by atomic mass is 16.6. The molecule has 0 radical (unpaired) electrons. The fraction of sp³-hybridized carbons (Fsp3) is 0.704. The lowest BCUT2D eigenvalue weighted by Crippen LogP contribution is -2.76. The summed E-state index contributed by atoms with van der Waals surface area (Å²) in [4.78, 5) is 61.7. The Labute approximate surface area is 386 Å². The Morgan fingerprint density at radius 2 is 1.36 bits per heavy atom. The minimum Gasteiger partial charge on any atom is -0.477 e. The number of hydrogen-bond acceptors (Lipinski definition) is 12. The number of carbonyl (C=O) groups excluding carboxylic acids is 4. The van der Waals surface area contributed by atoms with E-state index in [2.05, 4.69) is 15.9 Å². The number of Topliss-reactive ketones (excluding diaryl/α,β-unsaturated/α-hetero) is 2. The van der Waals surface area contributed by atoms with Crippen molar-refractivity contribution in [2.24, 2.45) is 34.5 Å². The molecule has 9 fully saturated rings. The molecule has 2 saturated heterocycles. The van der Waals surface area contributed by atoms with Gasteiger partial charge in [0.2, 0.25) is 0 Å². The molecule has 9 aliphatic carbocycles. The summed E-state index contributed by atoms with van der Waals surface area (Å²) in [5.74, 6) is 3.39. The van der Waals surface area contributed by atoms with E-state index in [4.69, 9.17) is 18.9 Å². The second-order valence-corrected chi connectivity index (χ2v) is 24.0. The van der Waals surface area contributed by atoms with Crippen LogP contribution >= 0.6 is 0 Å². The predicted molar refractivity (Wildman–Crippen MR) is 238 cm³/mol. The van der Waals surface area contributed by atoms with Crippen molar-refractivity contribution in [2.75, 3.05) is 32.8 Å². The number of esters is 2. The van der Waals surface area contributed by atoms with Gasteiger partial charge in [0.05, 0.1) is 23.9 Å². The number of likely N-dealkylation sites (tertiary alicyclic amines) is 2. The van der Waals surface area contributed by atoms with Gasteiger partial charge < -0.3 is 29.2 Å². The molecule has 350 valence electrons. The maximum absolute atomic E-state index is 14.5. The lowest BCUT2D eigenvalue weighted by molar-refractivity contribution is -0.188. The number of benzene rings is 2. The molecule has 2 aromatic carbocycles. The molecule has 0 amide bonds. The fourth-order valence-electron chi connectivity index (χ4n) is 17.7. The molecule has 8 bridgehead atoms. The molecule has 2 spiro atoms. The quantitative estimate of drug-likeness (QED) is 0.167. The molecule has 2 unspecified atom stereocenters. The summed E-state index contributed by atoms with van der Waals surface area (Å²) in [5.41, 5.74) is 0.983. The van der Waals surface area contributed by atoms with Gasteiger partial charge in [-0.3, -0.25) is 29.0 Å². The van der Waals surface area contributed by atoms with Gasteiger partial charge in [0.15, 0.2) is 46.8 Å².